The molecular formula is C37H41F4N5O5S. The zero-order chi connectivity index (χ0) is 38.0. The van der Waals surface area contributed by atoms with Crippen LogP contribution < -0.4 is 16.0 Å². The number of carboxylic acid groups (broad SMARTS) is 1. The normalized spacial score (nSPS) is 18.2. The maximum Gasteiger partial charge on any atom is 0.418 e. The number of carbonyl (C=O) groups is 4. The Balaban J connectivity index is 1.53. The molecule has 0 unspecified atom stereocenters. The van der Waals surface area contributed by atoms with E-state index in [4.69, 9.17) is 0 Å². The summed E-state index contributed by atoms with van der Waals surface area (Å²) < 4.78 is 56.4. The summed E-state index contributed by atoms with van der Waals surface area (Å²) in [5, 5.41) is 20.1. The summed E-state index contributed by atoms with van der Waals surface area (Å²) in [5.74, 6) is -4.39. The van der Waals surface area contributed by atoms with Gasteiger partial charge in [-0.3, -0.25) is 14.4 Å². The Bertz CT molecular complexity index is 1980. The molecule has 5 rings (SSSR count). The van der Waals surface area contributed by atoms with Gasteiger partial charge in [0.15, 0.2) is 5.69 Å². The molecule has 1 aliphatic rings. The van der Waals surface area contributed by atoms with Gasteiger partial charge >= 0.3 is 12.1 Å². The van der Waals surface area contributed by atoms with Crippen LogP contribution in [0.1, 0.15) is 90.9 Å². The van der Waals surface area contributed by atoms with E-state index in [0.717, 1.165) is 17.4 Å². The minimum atomic E-state index is -4.65. The molecule has 1 aliphatic carbocycles. The lowest BCUT2D eigenvalue weighted by Gasteiger charge is -2.39. The number of hydrogen-bond donors (Lipinski definition) is 5. The van der Waals surface area contributed by atoms with Crippen molar-refractivity contribution in [1.29, 1.82) is 0 Å². The van der Waals surface area contributed by atoms with Crippen LogP contribution in [0.5, 0.6) is 0 Å². The number of alkyl halides is 3. The molecule has 5 atom stereocenters. The van der Waals surface area contributed by atoms with Crippen molar-refractivity contribution in [2.75, 3.05) is 0 Å². The molecule has 15 heteroatoms. The van der Waals surface area contributed by atoms with Crippen LogP contribution in [-0.2, 0) is 39.8 Å². The summed E-state index contributed by atoms with van der Waals surface area (Å²) in [6.07, 6.45) is -4.03. The zero-order valence-corrected chi connectivity index (χ0v) is 29.9. The third-order valence-corrected chi connectivity index (χ3v) is 11.0. The van der Waals surface area contributed by atoms with Crippen LogP contribution in [0, 0.1) is 17.7 Å². The minimum Gasteiger partial charge on any atom is -0.476 e. The molecule has 2 aromatic heterocycles. The predicted octanol–water partition coefficient (Wildman–Crippen LogP) is 6.50. The van der Waals surface area contributed by atoms with Crippen molar-refractivity contribution in [2.24, 2.45) is 11.8 Å². The quantitative estimate of drug-likeness (QED) is 0.0986. The molecule has 5 N–H and O–H groups in total. The Hall–Kier alpha value is -4.79. The average molecular weight is 744 g/mol. The molecule has 0 aliphatic heterocycles. The summed E-state index contributed by atoms with van der Waals surface area (Å²) in [5.41, 5.74) is -1.78. The maximum absolute atomic E-state index is 14.7. The van der Waals surface area contributed by atoms with Crippen LogP contribution in [0.2, 0.25) is 0 Å². The van der Waals surface area contributed by atoms with Crippen LogP contribution >= 0.6 is 11.3 Å². The number of H-pyrrole nitrogens is 1. The van der Waals surface area contributed by atoms with E-state index in [1.54, 1.807) is 13.0 Å². The van der Waals surface area contributed by atoms with Crippen molar-refractivity contribution in [3.05, 3.63) is 86.7 Å². The molecule has 278 valence electrons. The number of amides is 3. The number of thiazole rings is 1. The van der Waals surface area contributed by atoms with Gasteiger partial charge in [0.2, 0.25) is 17.7 Å². The molecule has 0 radical (unpaired) electrons. The Morgan fingerprint density at radius 3 is 2.37 bits per heavy atom. The largest absolute Gasteiger partial charge is 0.476 e. The maximum atomic E-state index is 14.7. The van der Waals surface area contributed by atoms with E-state index in [2.05, 4.69) is 25.9 Å². The third kappa shape index (κ3) is 7.98. The van der Waals surface area contributed by atoms with Gasteiger partial charge in [0, 0.05) is 22.9 Å². The standard InChI is InChI=1S/C37H41F4N5O5S/c1-5-19(3)29(44-28(47)16-21-10-7-8-13-25(21)38)32(48)46-36(35(51)45-30(20(4)6-2)33-43-27(18-52-33)34(49)50)15-14-26-23(17-36)22-11-9-12-24(31(22)42-26)37(39,40)41/h7-13,18-20,29-30,42H,5-6,14-17H2,1-4H3,(H,44,47)(H,45,51)(H,46,48)(H,49,50)/t19-,20-,29-,30+,36+/m0/s1. The first-order valence-electron chi connectivity index (χ1n) is 17.1. The Morgan fingerprint density at radius 2 is 1.73 bits per heavy atom. The van der Waals surface area contributed by atoms with Crippen LogP contribution in [-0.4, -0.2) is 50.3 Å². The highest BCUT2D eigenvalue weighted by molar-refractivity contribution is 7.09. The van der Waals surface area contributed by atoms with E-state index in [0.29, 0.717) is 29.1 Å². The average Bonchev–Trinajstić information content (AvgIpc) is 3.74. The fourth-order valence-corrected chi connectivity index (χ4v) is 7.59. The number of carboxylic acids is 1. The van der Waals surface area contributed by atoms with E-state index >= 15 is 0 Å². The minimum absolute atomic E-state index is 0.00633. The van der Waals surface area contributed by atoms with Crippen LogP contribution in [0.3, 0.4) is 0 Å². The fraction of sp³-hybridized carbons (Fsp3) is 0.432. The van der Waals surface area contributed by atoms with E-state index < -0.39 is 64.8 Å². The highest BCUT2D eigenvalue weighted by Gasteiger charge is 2.47. The van der Waals surface area contributed by atoms with Gasteiger partial charge in [-0.2, -0.15) is 13.2 Å². The summed E-state index contributed by atoms with van der Waals surface area (Å²) in [7, 11) is 0. The van der Waals surface area contributed by atoms with Crippen molar-refractivity contribution >= 4 is 45.9 Å². The number of nitrogens with one attached hydrogen (secondary N) is 4. The van der Waals surface area contributed by atoms with Gasteiger partial charge in [-0.05, 0) is 47.9 Å². The van der Waals surface area contributed by atoms with E-state index in [-0.39, 0.29) is 53.8 Å². The molecule has 0 fully saturated rings. The number of aromatic carboxylic acids is 1. The summed E-state index contributed by atoms with van der Waals surface area (Å²) in [6.45, 7) is 7.33. The molecule has 0 bridgehead atoms. The highest BCUT2D eigenvalue weighted by atomic mass is 32.1. The van der Waals surface area contributed by atoms with Crippen molar-refractivity contribution < 1.29 is 41.8 Å². The molecule has 0 spiro atoms. The van der Waals surface area contributed by atoms with Gasteiger partial charge in [-0.15, -0.1) is 11.3 Å². The molecular weight excluding hydrogens is 702 g/mol. The second-order valence-electron chi connectivity index (χ2n) is 13.5. The third-order valence-electron chi connectivity index (χ3n) is 10.0. The number of aromatic nitrogens is 2. The Morgan fingerprint density at radius 1 is 1.02 bits per heavy atom. The molecule has 10 nitrogen and oxygen atoms in total. The van der Waals surface area contributed by atoms with Crippen LogP contribution in [0.4, 0.5) is 17.6 Å². The number of halogens is 4. The second-order valence-corrected chi connectivity index (χ2v) is 14.4. The van der Waals surface area contributed by atoms with Crippen LogP contribution in [0.15, 0.2) is 47.8 Å². The van der Waals surface area contributed by atoms with Crippen molar-refractivity contribution in [3.8, 4) is 0 Å². The van der Waals surface area contributed by atoms with Gasteiger partial charge in [0.1, 0.15) is 22.4 Å². The number of fused-ring (bicyclic) bond motifs is 3. The topological polar surface area (TPSA) is 153 Å². The molecule has 3 amide bonds. The smallest absolute Gasteiger partial charge is 0.418 e. The van der Waals surface area contributed by atoms with Crippen molar-refractivity contribution in [2.45, 2.75) is 90.0 Å². The van der Waals surface area contributed by atoms with E-state index in [9.17, 15) is 41.8 Å². The lowest BCUT2D eigenvalue weighted by atomic mass is 9.78. The first-order valence-corrected chi connectivity index (χ1v) is 18.0. The molecule has 52 heavy (non-hydrogen) atoms. The number of para-hydroxylation sites is 1. The predicted molar refractivity (Wildman–Crippen MR) is 187 cm³/mol. The van der Waals surface area contributed by atoms with Crippen molar-refractivity contribution in [1.82, 2.24) is 25.9 Å². The van der Waals surface area contributed by atoms with E-state index in [1.807, 2.05) is 20.8 Å². The monoisotopic (exact) mass is 743 g/mol. The number of aryl methyl sites for hydroxylation is 1. The number of rotatable bonds is 13. The number of nitrogens with zero attached hydrogens (tertiary/aromatic N) is 1. The first-order chi connectivity index (χ1) is 24.6. The SMILES string of the molecule is CC[C@H](C)[C@H](NC(=O)Cc1ccccc1F)C(=O)N[C@]1(C(=O)N[C@@H](c2nc(C(=O)O)cs2)[C@@H](C)CC)CCc2[nH]c3c(C(F)(F)F)cccc3c2C1. The van der Waals surface area contributed by atoms with Gasteiger partial charge in [0.05, 0.1) is 23.5 Å². The van der Waals surface area contributed by atoms with Gasteiger partial charge in [0.25, 0.3) is 0 Å². The molecule has 0 saturated heterocycles. The Kier molecular flexibility index (Phi) is 11.4. The number of aromatic amines is 1. The van der Waals surface area contributed by atoms with Gasteiger partial charge < -0.3 is 26.0 Å². The first kappa shape index (κ1) is 38.4. The molecule has 2 heterocycles. The summed E-state index contributed by atoms with van der Waals surface area (Å²) in [4.78, 5) is 60.9. The molecule has 2 aromatic carbocycles. The molecule has 4 aromatic rings. The Labute approximate surface area is 301 Å². The molecule has 0 saturated carbocycles. The van der Waals surface area contributed by atoms with Gasteiger partial charge in [-0.25, -0.2) is 14.2 Å². The van der Waals surface area contributed by atoms with Gasteiger partial charge in [-0.1, -0.05) is 70.9 Å². The second kappa shape index (κ2) is 15.4. The summed E-state index contributed by atoms with van der Waals surface area (Å²) >= 11 is 1.07. The summed E-state index contributed by atoms with van der Waals surface area (Å²) in [6, 6.07) is 7.68. The lowest BCUT2D eigenvalue weighted by molar-refractivity contribution is -0.137. The van der Waals surface area contributed by atoms with E-state index in [1.165, 1.54) is 35.7 Å². The number of hydrogen-bond acceptors (Lipinski definition) is 6. The van der Waals surface area contributed by atoms with Crippen molar-refractivity contribution in [3.63, 3.8) is 0 Å². The number of carbonyl (C=O) groups excluding carboxylic acids is 3. The number of benzene rings is 2. The fourth-order valence-electron chi connectivity index (χ4n) is 6.61. The zero-order valence-electron chi connectivity index (χ0n) is 29.1. The van der Waals surface area contributed by atoms with Crippen LogP contribution in [0.25, 0.3) is 10.9 Å². The lowest BCUT2D eigenvalue weighted by Crippen LogP contribution is -2.65. The highest BCUT2D eigenvalue weighted by Crippen LogP contribution is 2.40.